The highest BCUT2D eigenvalue weighted by atomic mass is 19.1. The zero-order valence-electron chi connectivity index (χ0n) is 14.6. The Morgan fingerprint density at radius 2 is 1.71 bits per heavy atom. The van der Waals surface area contributed by atoms with E-state index in [1.807, 2.05) is 33.8 Å². The zero-order valence-corrected chi connectivity index (χ0v) is 14.6. The first-order valence-electron chi connectivity index (χ1n) is 8.21. The quantitative estimate of drug-likeness (QED) is 0.652. The third kappa shape index (κ3) is 3.58. The SMILES string of the molecule is CCOc1cc(C(C)C)c(C=O)c(-c2ccc(F)cc2)c1OCC. The van der Waals surface area contributed by atoms with Gasteiger partial charge in [-0.1, -0.05) is 26.0 Å². The summed E-state index contributed by atoms with van der Waals surface area (Å²) >= 11 is 0. The molecule has 0 bridgehead atoms. The van der Waals surface area contributed by atoms with Gasteiger partial charge in [0.15, 0.2) is 17.8 Å². The van der Waals surface area contributed by atoms with Crippen LogP contribution in [0.1, 0.15) is 49.5 Å². The normalized spacial score (nSPS) is 10.8. The number of rotatable bonds is 7. The van der Waals surface area contributed by atoms with Crippen LogP contribution in [0.15, 0.2) is 30.3 Å². The molecule has 0 N–H and O–H groups in total. The molecule has 0 atom stereocenters. The number of carbonyl (C=O) groups excluding carboxylic acids is 1. The maximum atomic E-state index is 13.3. The second kappa shape index (κ2) is 7.95. The summed E-state index contributed by atoms with van der Waals surface area (Å²) < 4.78 is 24.9. The molecule has 2 aromatic rings. The van der Waals surface area contributed by atoms with Crippen LogP contribution < -0.4 is 9.47 Å². The van der Waals surface area contributed by atoms with Gasteiger partial charge in [0.2, 0.25) is 0 Å². The smallest absolute Gasteiger partial charge is 0.169 e. The third-order valence-electron chi connectivity index (χ3n) is 3.78. The molecule has 0 aliphatic carbocycles. The molecule has 3 nitrogen and oxygen atoms in total. The van der Waals surface area contributed by atoms with Crippen LogP contribution in [0.3, 0.4) is 0 Å². The van der Waals surface area contributed by atoms with E-state index in [4.69, 9.17) is 9.47 Å². The highest BCUT2D eigenvalue weighted by molar-refractivity contribution is 5.94. The number of hydrogen-bond acceptors (Lipinski definition) is 3. The second-order valence-corrected chi connectivity index (χ2v) is 5.73. The molecule has 0 heterocycles. The third-order valence-corrected chi connectivity index (χ3v) is 3.78. The predicted molar refractivity (Wildman–Crippen MR) is 93.7 cm³/mol. The Morgan fingerprint density at radius 3 is 2.21 bits per heavy atom. The Hall–Kier alpha value is -2.36. The van der Waals surface area contributed by atoms with Crippen molar-refractivity contribution in [2.75, 3.05) is 13.2 Å². The standard InChI is InChI=1S/C20H23FO3/c1-5-23-18-11-16(13(3)4)17(12-22)19(20(18)24-6-2)14-7-9-15(21)10-8-14/h7-13H,5-6H2,1-4H3. The van der Waals surface area contributed by atoms with Crippen molar-refractivity contribution >= 4 is 6.29 Å². The summed E-state index contributed by atoms with van der Waals surface area (Å²) in [5, 5.41) is 0. The molecular weight excluding hydrogens is 307 g/mol. The Kier molecular flexibility index (Phi) is 5.96. The van der Waals surface area contributed by atoms with Gasteiger partial charge in [0.05, 0.1) is 13.2 Å². The molecule has 2 aromatic carbocycles. The molecule has 0 unspecified atom stereocenters. The summed E-state index contributed by atoms with van der Waals surface area (Å²) in [7, 11) is 0. The molecule has 0 amide bonds. The second-order valence-electron chi connectivity index (χ2n) is 5.73. The summed E-state index contributed by atoms with van der Waals surface area (Å²) in [5.74, 6) is 0.944. The van der Waals surface area contributed by atoms with Crippen LogP contribution >= 0.6 is 0 Å². The fraction of sp³-hybridized carbons (Fsp3) is 0.350. The molecular formula is C20H23FO3. The van der Waals surface area contributed by atoms with Gasteiger partial charge in [-0.2, -0.15) is 0 Å². The van der Waals surface area contributed by atoms with E-state index in [2.05, 4.69) is 0 Å². The van der Waals surface area contributed by atoms with E-state index in [0.29, 0.717) is 35.8 Å². The maximum Gasteiger partial charge on any atom is 0.169 e. The Balaban J connectivity index is 2.83. The average molecular weight is 330 g/mol. The molecule has 0 aliphatic rings. The summed E-state index contributed by atoms with van der Waals surface area (Å²) in [5.41, 5.74) is 2.83. The van der Waals surface area contributed by atoms with E-state index >= 15 is 0 Å². The van der Waals surface area contributed by atoms with Crippen molar-refractivity contribution in [2.24, 2.45) is 0 Å². The van der Waals surface area contributed by atoms with Crippen LogP contribution in [0.5, 0.6) is 11.5 Å². The summed E-state index contributed by atoms with van der Waals surface area (Å²) in [6, 6.07) is 7.93. The summed E-state index contributed by atoms with van der Waals surface area (Å²) in [4.78, 5) is 11.8. The monoisotopic (exact) mass is 330 g/mol. The Labute approximate surface area is 142 Å². The van der Waals surface area contributed by atoms with Crippen molar-refractivity contribution in [1.82, 2.24) is 0 Å². The van der Waals surface area contributed by atoms with Gasteiger partial charge in [-0.15, -0.1) is 0 Å². The van der Waals surface area contributed by atoms with Crippen molar-refractivity contribution in [1.29, 1.82) is 0 Å². The van der Waals surface area contributed by atoms with E-state index in [1.165, 1.54) is 12.1 Å². The first kappa shape index (κ1) is 18.0. The topological polar surface area (TPSA) is 35.5 Å². The van der Waals surface area contributed by atoms with Crippen LogP contribution in [0.2, 0.25) is 0 Å². The molecule has 0 fully saturated rings. The Bertz CT molecular complexity index is 706. The van der Waals surface area contributed by atoms with Crippen molar-refractivity contribution in [2.45, 2.75) is 33.6 Å². The van der Waals surface area contributed by atoms with E-state index < -0.39 is 0 Å². The van der Waals surface area contributed by atoms with Crippen LogP contribution in [-0.2, 0) is 0 Å². The molecule has 24 heavy (non-hydrogen) atoms. The molecule has 0 spiro atoms. The van der Waals surface area contributed by atoms with Crippen LogP contribution in [0.4, 0.5) is 4.39 Å². The largest absolute Gasteiger partial charge is 0.490 e. The van der Waals surface area contributed by atoms with Gasteiger partial charge in [-0.25, -0.2) is 4.39 Å². The van der Waals surface area contributed by atoms with Crippen LogP contribution in [0, 0.1) is 5.82 Å². The molecule has 0 saturated carbocycles. The maximum absolute atomic E-state index is 13.3. The van der Waals surface area contributed by atoms with Gasteiger partial charge >= 0.3 is 0 Å². The first-order chi connectivity index (χ1) is 11.5. The Morgan fingerprint density at radius 1 is 1.08 bits per heavy atom. The number of hydrogen-bond donors (Lipinski definition) is 0. The van der Waals surface area contributed by atoms with Crippen molar-refractivity contribution in [3.8, 4) is 22.6 Å². The van der Waals surface area contributed by atoms with Crippen molar-refractivity contribution < 1.29 is 18.7 Å². The van der Waals surface area contributed by atoms with Gasteiger partial charge in [0.1, 0.15) is 5.82 Å². The minimum Gasteiger partial charge on any atom is -0.490 e. The van der Waals surface area contributed by atoms with Gasteiger partial charge in [-0.05, 0) is 49.1 Å². The minimum absolute atomic E-state index is 0.138. The lowest BCUT2D eigenvalue weighted by atomic mass is 9.89. The fourth-order valence-corrected chi connectivity index (χ4v) is 2.73. The lowest BCUT2D eigenvalue weighted by Gasteiger charge is -2.21. The summed E-state index contributed by atoms with van der Waals surface area (Å²) in [6.07, 6.45) is 0.840. The average Bonchev–Trinajstić information content (AvgIpc) is 2.56. The van der Waals surface area contributed by atoms with E-state index in [1.54, 1.807) is 12.1 Å². The van der Waals surface area contributed by atoms with E-state index in [0.717, 1.165) is 17.4 Å². The molecule has 0 radical (unpaired) electrons. The highest BCUT2D eigenvalue weighted by Gasteiger charge is 2.22. The molecule has 0 aromatic heterocycles. The van der Waals surface area contributed by atoms with Crippen LogP contribution in [-0.4, -0.2) is 19.5 Å². The molecule has 4 heteroatoms. The number of benzene rings is 2. The van der Waals surface area contributed by atoms with Gasteiger partial charge in [-0.3, -0.25) is 4.79 Å². The van der Waals surface area contributed by atoms with Gasteiger partial charge < -0.3 is 9.47 Å². The lowest BCUT2D eigenvalue weighted by molar-refractivity contribution is 0.112. The molecule has 0 aliphatic heterocycles. The predicted octanol–water partition coefficient (Wildman–Crippen LogP) is 5.23. The number of aldehydes is 1. The van der Waals surface area contributed by atoms with E-state index in [-0.39, 0.29) is 11.7 Å². The summed E-state index contributed by atoms with van der Waals surface area (Å²) in [6.45, 7) is 8.74. The number of ether oxygens (including phenoxy) is 2. The van der Waals surface area contributed by atoms with Crippen molar-refractivity contribution in [3.05, 3.63) is 47.3 Å². The number of carbonyl (C=O) groups is 1. The first-order valence-corrected chi connectivity index (χ1v) is 8.21. The lowest BCUT2D eigenvalue weighted by Crippen LogP contribution is -2.06. The highest BCUT2D eigenvalue weighted by Crippen LogP contribution is 2.44. The van der Waals surface area contributed by atoms with Gasteiger partial charge in [0.25, 0.3) is 0 Å². The fourth-order valence-electron chi connectivity index (χ4n) is 2.73. The molecule has 0 saturated heterocycles. The van der Waals surface area contributed by atoms with Gasteiger partial charge in [0, 0.05) is 11.1 Å². The minimum atomic E-state index is -0.325. The number of halogens is 1. The molecule has 128 valence electrons. The van der Waals surface area contributed by atoms with Crippen molar-refractivity contribution in [3.63, 3.8) is 0 Å². The van der Waals surface area contributed by atoms with E-state index in [9.17, 15) is 9.18 Å². The molecule has 2 rings (SSSR count). The van der Waals surface area contributed by atoms with Crippen LogP contribution in [0.25, 0.3) is 11.1 Å². The zero-order chi connectivity index (χ0) is 17.7.